The van der Waals surface area contributed by atoms with Crippen LogP contribution in [0.25, 0.3) is 0 Å². The number of halogens is 3. The van der Waals surface area contributed by atoms with Gasteiger partial charge in [-0.3, -0.25) is 0 Å². The lowest BCUT2D eigenvalue weighted by Crippen LogP contribution is -2.46. The molecular weight excluding hydrogens is 425 g/mol. The number of alkyl halides is 3. The molecule has 8 nitrogen and oxygen atoms in total. The van der Waals surface area contributed by atoms with Crippen molar-refractivity contribution < 1.29 is 22.7 Å². The predicted octanol–water partition coefficient (Wildman–Crippen LogP) is 3.12. The first kappa shape index (κ1) is 22.1. The Morgan fingerprint density at radius 1 is 1.03 bits per heavy atom. The number of nitrogens with zero attached hydrogens (tertiary/aromatic N) is 4. The molecule has 0 radical (unpaired) electrons. The van der Waals surface area contributed by atoms with E-state index in [9.17, 15) is 18.0 Å². The summed E-state index contributed by atoms with van der Waals surface area (Å²) in [7, 11) is 0. The number of nitrogens with one attached hydrogen (secondary N) is 2. The van der Waals surface area contributed by atoms with Crippen LogP contribution >= 0.6 is 0 Å². The number of hydrogen-bond acceptors (Lipinski definition) is 6. The van der Waals surface area contributed by atoms with Crippen molar-refractivity contribution in [2.75, 3.05) is 54.5 Å². The number of aromatic nitrogens is 2. The second kappa shape index (κ2) is 9.60. The molecule has 2 saturated heterocycles. The number of carbonyl (C=O) groups excluding carboxylic acids is 1. The first-order valence-electron chi connectivity index (χ1n) is 10.5. The lowest BCUT2D eigenvalue weighted by molar-refractivity contribution is -0.136. The van der Waals surface area contributed by atoms with Gasteiger partial charge in [0.05, 0.1) is 24.5 Å². The summed E-state index contributed by atoms with van der Waals surface area (Å²) in [5.74, 6) is 0.630. The second-order valence-corrected chi connectivity index (χ2v) is 7.74. The highest BCUT2D eigenvalue weighted by atomic mass is 19.4. The molecule has 0 spiro atoms. The van der Waals surface area contributed by atoms with Gasteiger partial charge in [-0.15, -0.1) is 0 Å². The zero-order valence-corrected chi connectivity index (χ0v) is 17.4. The summed E-state index contributed by atoms with van der Waals surface area (Å²) in [6.45, 7) is 3.29. The summed E-state index contributed by atoms with van der Waals surface area (Å²) in [6, 6.07) is 4.93. The first-order valence-corrected chi connectivity index (χ1v) is 10.5. The fraction of sp³-hybridized carbons (Fsp3) is 0.476. The normalized spacial score (nSPS) is 17.8. The van der Waals surface area contributed by atoms with E-state index < -0.39 is 17.8 Å². The van der Waals surface area contributed by atoms with Crippen LogP contribution in [-0.2, 0) is 10.9 Å². The molecule has 32 heavy (non-hydrogen) atoms. The highest BCUT2D eigenvalue weighted by Gasteiger charge is 2.35. The lowest BCUT2D eigenvalue weighted by atomic mass is 10.1. The standard InChI is InChI=1S/C21H25F3N6O2/c22-21(23,24)17-14-16(29-10-12-32-13-11-29)2-3-18(17)28-20(31)27-15-4-8-30(9-5-15)19-25-6-1-7-26-19/h1-3,6-7,14-15H,4-5,8-13H2,(H2,27,28,31). The van der Waals surface area contributed by atoms with E-state index in [1.165, 1.54) is 6.07 Å². The van der Waals surface area contributed by atoms with Crippen molar-refractivity contribution >= 4 is 23.4 Å². The highest BCUT2D eigenvalue weighted by Crippen LogP contribution is 2.37. The molecule has 0 aliphatic carbocycles. The molecule has 2 fully saturated rings. The van der Waals surface area contributed by atoms with Gasteiger partial charge in [0.2, 0.25) is 5.95 Å². The SMILES string of the molecule is O=C(Nc1ccc(N2CCOCC2)cc1C(F)(F)F)NC1CCN(c2ncccn2)CC1. The molecule has 4 rings (SSSR count). The zero-order chi connectivity index (χ0) is 22.6. The number of rotatable bonds is 4. The Balaban J connectivity index is 1.37. The Bertz CT molecular complexity index is 913. The third-order valence-corrected chi connectivity index (χ3v) is 5.60. The van der Waals surface area contributed by atoms with E-state index in [0.29, 0.717) is 63.9 Å². The molecular formula is C21H25F3N6O2. The number of amides is 2. The van der Waals surface area contributed by atoms with Crippen molar-refractivity contribution in [2.24, 2.45) is 0 Å². The average Bonchev–Trinajstić information content (AvgIpc) is 2.80. The fourth-order valence-electron chi connectivity index (χ4n) is 3.92. The highest BCUT2D eigenvalue weighted by molar-refractivity contribution is 5.90. The predicted molar refractivity (Wildman–Crippen MR) is 114 cm³/mol. The summed E-state index contributed by atoms with van der Waals surface area (Å²) in [4.78, 5) is 24.7. The number of hydrogen-bond donors (Lipinski definition) is 2. The van der Waals surface area contributed by atoms with Gasteiger partial charge in [0.1, 0.15) is 0 Å². The van der Waals surface area contributed by atoms with Gasteiger partial charge in [0.15, 0.2) is 0 Å². The molecule has 1 aromatic carbocycles. The number of urea groups is 1. The monoisotopic (exact) mass is 450 g/mol. The molecule has 3 heterocycles. The number of morpholine rings is 1. The number of ether oxygens (including phenoxy) is 1. The molecule has 0 atom stereocenters. The van der Waals surface area contributed by atoms with E-state index in [1.807, 2.05) is 9.80 Å². The van der Waals surface area contributed by atoms with Gasteiger partial charge in [0, 0.05) is 50.3 Å². The van der Waals surface area contributed by atoms with Gasteiger partial charge in [-0.05, 0) is 37.1 Å². The van der Waals surface area contributed by atoms with Crippen LogP contribution in [0.15, 0.2) is 36.7 Å². The summed E-state index contributed by atoms with van der Waals surface area (Å²) in [5.41, 5.74) is -0.670. The first-order chi connectivity index (χ1) is 15.4. The molecule has 172 valence electrons. The minimum absolute atomic E-state index is 0.142. The van der Waals surface area contributed by atoms with Gasteiger partial charge in [-0.1, -0.05) is 0 Å². The van der Waals surface area contributed by atoms with E-state index in [2.05, 4.69) is 20.6 Å². The Hall–Kier alpha value is -3.08. The molecule has 0 unspecified atom stereocenters. The molecule has 0 saturated carbocycles. The fourth-order valence-corrected chi connectivity index (χ4v) is 3.92. The third-order valence-electron chi connectivity index (χ3n) is 5.60. The summed E-state index contributed by atoms with van der Waals surface area (Å²) in [5, 5.41) is 5.17. The van der Waals surface area contributed by atoms with Crippen LogP contribution in [0.5, 0.6) is 0 Å². The van der Waals surface area contributed by atoms with Crippen LogP contribution in [0.3, 0.4) is 0 Å². The zero-order valence-electron chi connectivity index (χ0n) is 17.4. The van der Waals surface area contributed by atoms with E-state index >= 15 is 0 Å². The molecule has 2 aromatic rings. The number of piperidine rings is 1. The quantitative estimate of drug-likeness (QED) is 0.745. The van der Waals surface area contributed by atoms with Crippen LogP contribution < -0.4 is 20.4 Å². The maximum absolute atomic E-state index is 13.7. The van der Waals surface area contributed by atoms with Crippen LogP contribution in [0.1, 0.15) is 18.4 Å². The largest absolute Gasteiger partial charge is 0.418 e. The van der Waals surface area contributed by atoms with Gasteiger partial charge in [0.25, 0.3) is 0 Å². The van der Waals surface area contributed by atoms with Crippen LogP contribution in [-0.4, -0.2) is 61.4 Å². The van der Waals surface area contributed by atoms with E-state index in [4.69, 9.17) is 4.74 Å². The van der Waals surface area contributed by atoms with Crippen molar-refractivity contribution in [3.8, 4) is 0 Å². The molecule has 0 bridgehead atoms. The van der Waals surface area contributed by atoms with Gasteiger partial charge >= 0.3 is 12.2 Å². The van der Waals surface area contributed by atoms with Gasteiger partial charge in [-0.2, -0.15) is 13.2 Å². The Kier molecular flexibility index (Phi) is 6.63. The lowest BCUT2D eigenvalue weighted by Gasteiger charge is -2.32. The topological polar surface area (TPSA) is 82.6 Å². The molecule has 1 aromatic heterocycles. The van der Waals surface area contributed by atoms with Gasteiger partial charge < -0.3 is 25.2 Å². The average molecular weight is 450 g/mol. The van der Waals surface area contributed by atoms with Crippen LogP contribution in [0, 0.1) is 0 Å². The molecule has 2 aliphatic heterocycles. The molecule has 11 heteroatoms. The van der Waals surface area contributed by atoms with Crippen molar-refractivity contribution in [1.29, 1.82) is 0 Å². The summed E-state index contributed by atoms with van der Waals surface area (Å²) in [6.07, 6.45) is 0.0405. The maximum atomic E-state index is 13.7. The van der Waals surface area contributed by atoms with E-state index in [1.54, 1.807) is 24.5 Å². The molecule has 2 amide bonds. The number of carbonyl (C=O) groups is 1. The smallest absolute Gasteiger partial charge is 0.378 e. The van der Waals surface area contributed by atoms with Crippen molar-refractivity contribution in [3.05, 3.63) is 42.2 Å². The van der Waals surface area contributed by atoms with Gasteiger partial charge in [-0.25, -0.2) is 14.8 Å². The van der Waals surface area contributed by atoms with Crippen molar-refractivity contribution in [2.45, 2.75) is 25.1 Å². The molecule has 2 N–H and O–H groups in total. The van der Waals surface area contributed by atoms with E-state index in [-0.39, 0.29) is 11.7 Å². The number of anilines is 3. The molecule has 2 aliphatic rings. The Morgan fingerprint density at radius 2 is 1.72 bits per heavy atom. The van der Waals surface area contributed by atoms with Crippen molar-refractivity contribution in [3.63, 3.8) is 0 Å². The van der Waals surface area contributed by atoms with Crippen LogP contribution in [0.2, 0.25) is 0 Å². The minimum atomic E-state index is -4.59. The second-order valence-electron chi connectivity index (χ2n) is 7.74. The summed E-state index contributed by atoms with van der Waals surface area (Å²) >= 11 is 0. The van der Waals surface area contributed by atoms with Crippen LogP contribution in [0.4, 0.5) is 35.3 Å². The maximum Gasteiger partial charge on any atom is 0.418 e. The minimum Gasteiger partial charge on any atom is -0.378 e. The number of benzene rings is 1. The van der Waals surface area contributed by atoms with E-state index in [0.717, 1.165) is 6.07 Å². The summed E-state index contributed by atoms with van der Waals surface area (Å²) < 4.78 is 46.3. The Labute approximate surface area is 183 Å². The Morgan fingerprint density at radius 3 is 2.38 bits per heavy atom. The van der Waals surface area contributed by atoms with Crippen molar-refractivity contribution in [1.82, 2.24) is 15.3 Å². The third kappa shape index (κ3) is 5.39.